The van der Waals surface area contributed by atoms with Gasteiger partial charge in [-0.05, 0) is 13.8 Å². The Balaban J connectivity index is 2.72. The largest absolute Gasteiger partial charge is 0.322 e. The molecule has 74 valence electrons. The fourth-order valence-electron chi connectivity index (χ4n) is 0.824. The van der Waals surface area contributed by atoms with Gasteiger partial charge in [0.25, 0.3) is 0 Å². The van der Waals surface area contributed by atoms with Gasteiger partial charge in [-0.1, -0.05) is 0 Å². The second kappa shape index (κ2) is 3.50. The van der Waals surface area contributed by atoms with E-state index in [1.165, 1.54) is 6.20 Å². The molecule has 1 rings (SSSR count). The van der Waals surface area contributed by atoms with Crippen LogP contribution in [0.1, 0.15) is 13.8 Å². The predicted molar refractivity (Wildman–Crippen MR) is 51.2 cm³/mol. The van der Waals surface area contributed by atoms with E-state index in [-0.39, 0.29) is 5.91 Å². The van der Waals surface area contributed by atoms with E-state index in [9.17, 15) is 4.79 Å². The lowest BCUT2D eigenvalue weighted by atomic mass is 9.95. The van der Waals surface area contributed by atoms with Crippen molar-refractivity contribution < 1.29 is 4.79 Å². The molecule has 0 aliphatic carbocycles. The molecule has 0 bridgehead atoms. The third kappa shape index (κ3) is 2.10. The Morgan fingerprint density at radius 1 is 1.71 bits per heavy atom. The normalized spacial score (nSPS) is 10.7. The van der Waals surface area contributed by atoms with Crippen LogP contribution in [-0.4, -0.2) is 15.7 Å². The maximum Gasteiger partial charge on any atom is 0.244 e. The summed E-state index contributed by atoms with van der Waals surface area (Å²) in [6.45, 7) is 3.14. The first-order valence-electron chi connectivity index (χ1n) is 4.17. The Hall–Kier alpha value is -1.83. The van der Waals surface area contributed by atoms with Gasteiger partial charge in [0.2, 0.25) is 5.91 Å². The maximum absolute atomic E-state index is 11.5. The molecule has 0 fully saturated rings. The number of amides is 1. The third-order valence-corrected chi connectivity index (χ3v) is 1.81. The van der Waals surface area contributed by atoms with Crippen molar-refractivity contribution in [1.29, 1.82) is 5.26 Å². The maximum atomic E-state index is 11.5. The topological polar surface area (TPSA) is 70.7 Å². The van der Waals surface area contributed by atoms with Crippen molar-refractivity contribution in [2.24, 2.45) is 12.5 Å². The standard InChI is InChI=1S/C9H12N4O/c1-9(2,6-10)8(14)12-7-4-11-13(3)5-7/h4-5H,1-3H3,(H,12,14). The highest BCUT2D eigenvalue weighted by Gasteiger charge is 2.27. The summed E-state index contributed by atoms with van der Waals surface area (Å²) in [7, 11) is 1.76. The highest BCUT2D eigenvalue weighted by atomic mass is 16.2. The molecule has 0 atom stereocenters. The first-order valence-corrected chi connectivity index (χ1v) is 4.17. The quantitative estimate of drug-likeness (QED) is 0.757. The zero-order chi connectivity index (χ0) is 10.8. The van der Waals surface area contributed by atoms with Crippen LogP contribution < -0.4 is 5.32 Å². The number of anilines is 1. The van der Waals surface area contributed by atoms with Gasteiger partial charge in [0.05, 0.1) is 18.0 Å². The third-order valence-electron chi connectivity index (χ3n) is 1.81. The molecule has 5 nitrogen and oxygen atoms in total. The fourth-order valence-corrected chi connectivity index (χ4v) is 0.824. The van der Waals surface area contributed by atoms with Crippen molar-refractivity contribution in [3.05, 3.63) is 12.4 Å². The van der Waals surface area contributed by atoms with Crippen LogP contribution in [0.4, 0.5) is 5.69 Å². The second-order valence-electron chi connectivity index (χ2n) is 3.59. The van der Waals surface area contributed by atoms with E-state index in [1.54, 1.807) is 31.8 Å². The summed E-state index contributed by atoms with van der Waals surface area (Å²) in [6.07, 6.45) is 3.21. The lowest BCUT2D eigenvalue weighted by Gasteiger charge is -2.13. The lowest BCUT2D eigenvalue weighted by Crippen LogP contribution is -2.28. The van der Waals surface area contributed by atoms with Crippen LogP contribution in [0, 0.1) is 16.7 Å². The molecule has 5 heteroatoms. The zero-order valence-corrected chi connectivity index (χ0v) is 8.40. The highest BCUT2D eigenvalue weighted by molar-refractivity contribution is 5.96. The van der Waals surface area contributed by atoms with Crippen molar-refractivity contribution in [1.82, 2.24) is 9.78 Å². The summed E-state index contributed by atoms with van der Waals surface area (Å²) in [5.41, 5.74) is -0.420. The van der Waals surface area contributed by atoms with Gasteiger partial charge in [0.1, 0.15) is 5.41 Å². The fraction of sp³-hybridized carbons (Fsp3) is 0.444. The molecular weight excluding hydrogens is 180 g/mol. The number of nitriles is 1. The number of rotatable bonds is 2. The van der Waals surface area contributed by atoms with E-state index < -0.39 is 5.41 Å². The van der Waals surface area contributed by atoms with Gasteiger partial charge in [-0.2, -0.15) is 10.4 Å². The second-order valence-corrected chi connectivity index (χ2v) is 3.59. The minimum absolute atomic E-state index is 0.326. The molecule has 1 N–H and O–H groups in total. The molecule has 1 heterocycles. The molecule has 14 heavy (non-hydrogen) atoms. The lowest BCUT2D eigenvalue weighted by molar-refractivity contribution is -0.121. The molecule has 0 aliphatic rings. The molecule has 1 aromatic heterocycles. The number of aryl methyl sites for hydroxylation is 1. The number of nitrogens with zero attached hydrogens (tertiary/aromatic N) is 3. The molecular formula is C9H12N4O. The van der Waals surface area contributed by atoms with E-state index >= 15 is 0 Å². The van der Waals surface area contributed by atoms with Gasteiger partial charge >= 0.3 is 0 Å². The summed E-state index contributed by atoms with van der Waals surface area (Å²) in [5, 5.41) is 15.2. The summed E-state index contributed by atoms with van der Waals surface area (Å²) < 4.78 is 1.58. The van der Waals surface area contributed by atoms with E-state index in [4.69, 9.17) is 5.26 Å². The summed E-state index contributed by atoms with van der Waals surface area (Å²) in [6, 6.07) is 1.93. The smallest absolute Gasteiger partial charge is 0.244 e. The number of hydrogen-bond acceptors (Lipinski definition) is 3. The van der Waals surface area contributed by atoms with E-state index in [1.807, 2.05) is 6.07 Å². The van der Waals surface area contributed by atoms with E-state index in [0.29, 0.717) is 5.69 Å². The Bertz CT molecular complexity index is 386. The minimum atomic E-state index is -1.02. The van der Waals surface area contributed by atoms with Gasteiger partial charge in [0.15, 0.2) is 0 Å². The molecule has 0 aliphatic heterocycles. The van der Waals surface area contributed by atoms with Gasteiger partial charge in [0, 0.05) is 13.2 Å². The number of aromatic nitrogens is 2. The molecule has 0 spiro atoms. The number of carbonyl (C=O) groups is 1. The van der Waals surface area contributed by atoms with Crippen LogP contribution in [0.15, 0.2) is 12.4 Å². The van der Waals surface area contributed by atoms with Crippen molar-refractivity contribution in [2.45, 2.75) is 13.8 Å². The molecule has 0 unspecified atom stereocenters. The van der Waals surface area contributed by atoms with E-state index in [0.717, 1.165) is 0 Å². The number of carbonyl (C=O) groups excluding carboxylic acids is 1. The van der Waals surface area contributed by atoms with Gasteiger partial charge in [-0.15, -0.1) is 0 Å². The molecule has 0 aromatic carbocycles. The molecule has 0 saturated heterocycles. The molecule has 1 aromatic rings. The van der Waals surface area contributed by atoms with Crippen molar-refractivity contribution >= 4 is 11.6 Å². The van der Waals surface area contributed by atoms with Crippen LogP contribution >= 0.6 is 0 Å². The molecule has 1 amide bonds. The average molecular weight is 192 g/mol. The van der Waals surface area contributed by atoms with Gasteiger partial charge in [-0.3, -0.25) is 9.48 Å². The Morgan fingerprint density at radius 3 is 2.79 bits per heavy atom. The average Bonchev–Trinajstić information content (AvgIpc) is 2.51. The predicted octanol–water partition coefficient (Wildman–Crippen LogP) is 0.908. The summed E-state index contributed by atoms with van der Waals surface area (Å²) in [4.78, 5) is 11.5. The summed E-state index contributed by atoms with van der Waals surface area (Å²) >= 11 is 0. The van der Waals surface area contributed by atoms with Gasteiger partial charge < -0.3 is 5.32 Å². The monoisotopic (exact) mass is 192 g/mol. The first-order chi connectivity index (χ1) is 6.45. The Kier molecular flexibility index (Phi) is 2.56. The van der Waals surface area contributed by atoms with Crippen molar-refractivity contribution in [2.75, 3.05) is 5.32 Å². The van der Waals surface area contributed by atoms with E-state index in [2.05, 4.69) is 10.4 Å². The molecule has 0 radical (unpaired) electrons. The number of hydrogen-bond donors (Lipinski definition) is 1. The van der Waals surface area contributed by atoms with Crippen molar-refractivity contribution in [3.63, 3.8) is 0 Å². The summed E-state index contributed by atoms with van der Waals surface area (Å²) in [5.74, 6) is -0.326. The number of nitrogens with one attached hydrogen (secondary N) is 1. The highest BCUT2D eigenvalue weighted by Crippen LogP contribution is 2.16. The minimum Gasteiger partial charge on any atom is -0.322 e. The van der Waals surface area contributed by atoms with Crippen LogP contribution in [0.3, 0.4) is 0 Å². The first kappa shape index (κ1) is 10.3. The molecule has 0 saturated carbocycles. The van der Waals surface area contributed by atoms with Gasteiger partial charge in [-0.25, -0.2) is 0 Å². The Morgan fingerprint density at radius 2 is 2.36 bits per heavy atom. The van der Waals surface area contributed by atoms with Crippen LogP contribution in [0.2, 0.25) is 0 Å². The zero-order valence-electron chi connectivity index (χ0n) is 8.40. The van der Waals surface area contributed by atoms with Crippen molar-refractivity contribution in [3.8, 4) is 6.07 Å². The SMILES string of the molecule is Cn1cc(NC(=O)C(C)(C)C#N)cn1. The van der Waals surface area contributed by atoms with Crippen LogP contribution in [0.25, 0.3) is 0 Å². The Labute approximate surface area is 82.3 Å². The van der Waals surface area contributed by atoms with Crippen LogP contribution in [0.5, 0.6) is 0 Å². The van der Waals surface area contributed by atoms with Crippen LogP contribution in [-0.2, 0) is 11.8 Å².